The number of likely N-dealkylation sites (tertiary alicyclic amines) is 1. The van der Waals surface area contributed by atoms with E-state index in [1.807, 2.05) is 34.6 Å². The summed E-state index contributed by atoms with van der Waals surface area (Å²) in [5.41, 5.74) is -0.00648. The average Bonchev–Trinajstić information content (AvgIpc) is 2.73. The van der Waals surface area contributed by atoms with Gasteiger partial charge < -0.3 is 15.0 Å². The number of likely N-dealkylation sites (N-methyl/N-ethyl adjacent to an activating group) is 1. The predicted octanol–water partition coefficient (Wildman–Crippen LogP) is 4.02. The van der Waals surface area contributed by atoms with Gasteiger partial charge in [-0.3, -0.25) is 14.5 Å². The molecule has 196 valence electrons. The molecule has 1 rings (SSSR count). The van der Waals surface area contributed by atoms with Gasteiger partial charge in [-0.15, -0.1) is 0 Å². The number of hydrogen-bond donors (Lipinski definition) is 1. The molecule has 34 heavy (non-hydrogen) atoms. The highest BCUT2D eigenvalue weighted by atomic mass is 16.5. The van der Waals surface area contributed by atoms with Crippen LogP contribution in [0.25, 0.3) is 0 Å². The molecule has 0 aromatic rings. The van der Waals surface area contributed by atoms with Crippen LogP contribution in [0, 0.1) is 17.3 Å². The van der Waals surface area contributed by atoms with E-state index in [0.717, 1.165) is 19.4 Å². The second-order valence-corrected chi connectivity index (χ2v) is 11.6. The number of rotatable bonds is 9. The molecule has 2 amide bonds. The minimum absolute atomic E-state index is 0.0749. The summed E-state index contributed by atoms with van der Waals surface area (Å²) in [7, 11) is 1.75. The normalized spacial score (nSPS) is 21.9. The van der Waals surface area contributed by atoms with Gasteiger partial charge in [0.15, 0.2) is 0 Å². The Bertz CT molecular complexity index is 739. The highest BCUT2D eigenvalue weighted by Gasteiger charge is 2.40. The summed E-state index contributed by atoms with van der Waals surface area (Å²) in [5.74, 6) is 0.00842. The van der Waals surface area contributed by atoms with Crippen molar-refractivity contribution in [3.8, 4) is 0 Å². The van der Waals surface area contributed by atoms with Crippen LogP contribution < -0.4 is 5.32 Å². The first-order valence-electron chi connectivity index (χ1n) is 12.8. The number of carbonyl (C=O) groups is 3. The second-order valence-electron chi connectivity index (χ2n) is 11.6. The molecule has 1 N–H and O–H groups in total. The van der Waals surface area contributed by atoms with E-state index in [1.165, 1.54) is 0 Å². The van der Waals surface area contributed by atoms with Crippen LogP contribution in [0.2, 0.25) is 0 Å². The van der Waals surface area contributed by atoms with Crippen molar-refractivity contribution in [1.82, 2.24) is 15.1 Å². The predicted molar refractivity (Wildman–Crippen MR) is 137 cm³/mol. The topological polar surface area (TPSA) is 79.0 Å². The van der Waals surface area contributed by atoms with Crippen molar-refractivity contribution in [2.24, 2.45) is 17.3 Å². The van der Waals surface area contributed by atoms with Crippen molar-refractivity contribution in [1.29, 1.82) is 0 Å². The Kier molecular flexibility index (Phi) is 11.3. The monoisotopic (exact) mass is 479 g/mol. The first-order chi connectivity index (χ1) is 15.6. The molecular weight excluding hydrogens is 430 g/mol. The maximum Gasteiger partial charge on any atom is 0.333 e. The molecule has 0 spiro atoms. The fraction of sp³-hybridized carbons (Fsp3) is 0.815. The molecular formula is C27H49N3O4. The lowest BCUT2D eigenvalue weighted by atomic mass is 9.84. The minimum atomic E-state index is -0.684. The summed E-state index contributed by atoms with van der Waals surface area (Å²) in [5, 5.41) is 3.11. The van der Waals surface area contributed by atoms with Gasteiger partial charge in [0.1, 0.15) is 6.04 Å². The third kappa shape index (κ3) is 8.10. The summed E-state index contributed by atoms with van der Waals surface area (Å²) >= 11 is 0. The molecule has 1 saturated heterocycles. The fourth-order valence-corrected chi connectivity index (χ4v) is 4.60. The highest BCUT2D eigenvalue weighted by molar-refractivity contribution is 5.91. The Morgan fingerprint density at radius 1 is 1.15 bits per heavy atom. The van der Waals surface area contributed by atoms with Gasteiger partial charge in [0, 0.05) is 25.2 Å². The molecule has 0 radical (unpaired) electrons. The van der Waals surface area contributed by atoms with E-state index in [0.29, 0.717) is 18.1 Å². The molecule has 0 aromatic heterocycles. The van der Waals surface area contributed by atoms with Crippen LogP contribution in [0.4, 0.5) is 0 Å². The van der Waals surface area contributed by atoms with Gasteiger partial charge in [0.2, 0.25) is 11.8 Å². The molecule has 7 nitrogen and oxygen atoms in total. The lowest BCUT2D eigenvalue weighted by molar-refractivity contribution is -0.142. The molecule has 1 aliphatic heterocycles. The minimum Gasteiger partial charge on any atom is -0.463 e. The zero-order valence-corrected chi connectivity index (χ0v) is 23.4. The van der Waals surface area contributed by atoms with Crippen LogP contribution in [-0.2, 0) is 19.1 Å². The molecule has 0 aliphatic carbocycles. The van der Waals surface area contributed by atoms with E-state index in [9.17, 15) is 14.4 Å². The van der Waals surface area contributed by atoms with E-state index in [1.54, 1.807) is 31.9 Å². The molecule has 4 atom stereocenters. The van der Waals surface area contributed by atoms with Crippen molar-refractivity contribution in [3.63, 3.8) is 0 Å². The highest BCUT2D eigenvalue weighted by Crippen LogP contribution is 2.27. The van der Waals surface area contributed by atoms with Crippen molar-refractivity contribution < 1.29 is 19.1 Å². The molecule has 1 heterocycles. The van der Waals surface area contributed by atoms with Crippen LogP contribution in [-0.4, -0.2) is 72.0 Å². The summed E-state index contributed by atoms with van der Waals surface area (Å²) in [6.07, 6.45) is 3.59. The number of hydrogen-bond acceptors (Lipinski definition) is 5. The summed E-state index contributed by atoms with van der Waals surface area (Å²) in [6.45, 7) is 21.0. The Hall–Kier alpha value is -1.89. The van der Waals surface area contributed by atoms with Crippen LogP contribution in [0.15, 0.2) is 11.6 Å². The second kappa shape index (κ2) is 12.7. The largest absolute Gasteiger partial charge is 0.463 e. The van der Waals surface area contributed by atoms with Gasteiger partial charge in [0.25, 0.3) is 0 Å². The molecule has 1 unspecified atom stereocenters. The summed E-state index contributed by atoms with van der Waals surface area (Å²) in [6, 6.07) is -0.963. The van der Waals surface area contributed by atoms with Gasteiger partial charge in [-0.25, -0.2) is 4.79 Å². The van der Waals surface area contributed by atoms with Crippen LogP contribution in [0.3, 0.4) is 0 Å². The smallest absolute Gasteiger partial charge is 0.333 e. The van der Waals surface area contributed by atoms with E-state index >= 15 is 0 Å². The Labute approximate surface area is 207 Å². The van der Waals surface area contributed by atoms with Crippen LogP contribution in [0.1, 0.15) is 82.1 Å². The quantitative estimate of drug-likeness (QED) is 0.399. The summed E-state index contributed by atoms with van der Waals surface area (Å²) < 4.78 is 5.11. The Morgan fingerprint density at radius 2 is 1.74 bits per heavy atom. The first kappa shape index (κ1) is 30.1. The zero-order valence-electron chi connectivity index (χ0n) is 23.4. The Morgan fingerprint density at radius 3 is 2.21 bits per heavy atom. The van der Waals surface area contributed by atoms with Crippen molar-refractivity contribution in [3.05, 3.63) is 11.6 Å². The number of esters is 1. The number of nitrogens with one attached hydrogen (secondary N) is 1. The lowest BCUT2D eigenvalue weighted by Gasteiger charge is -2.42. The number of nitrogens with zero attached hydrogens (tertiary/aromatic N) is 2. The molecule has 1 fully saturated rings. The van der Waals surface area contributed by atoms with Crippen molar-refractivity contribution >= 4 is 17.8 Å². The van der Waals surface area contributed by atoms with Crippen LogP contribution >= 0.6 is 0 Å². The molecule has 0 bridgehead atoms. The fourth-order valence-electron chi connectivity index (χ4n) is 4.60. The number of ether oxygens (including phenoxy) is 1. The van der Waals surface area contributed by atoms with E-state index in [2.05, 4.69) is 31.0 Å². The number of carbonyl (C=O) groups excluding carboxylic acids is 3. The number of piperidine rings is 1. The van der Waals surface area contributed by atoms with Crippen LogP contribution in [0.5, 0.6) is 0 Å². The van der Waals surface area contributed by atoms with Gasteiger partial charge in [-0.2, -0.15) is 0 Å². The maximum absolute atomic E-state index is 13.8. The summed E-state index contributed by atoms with van der Waals surface area (Å²) in [4.78, 5) is 43.3. The van der Waals surface area contributed by atoms with Crippen molar-refractivity contribution in [2.75, 3.05) is 20.2 Å². The number of amides is 2. The van der Waals surface area contributed by atoms with Gasteiger partial charge in [0.05, 0.1) is 18.7 Å². The Balaban J connectivity index is 3.17. The molecule has 7 heteroatoms. The maximum atomic E-state index is 13.8. The lowest BCUT2D eigenvalue weighted by Crippen LogP contribution is -2.61. The standard InChI is InChI=1S/C27H49N3O4/c1-12-34-26(33)20(7)15-22(17(2)3)29(11)25(32)23(27(8,9)10)28-24(31)21-14-13-19(6)16-30(21)18(4)5/h15,17-19,21-23H,12-14,16H2,1-11H3,(H,28,31)/t19-,21?,22-,23-/m1/s1. The third-order valence-corrected chi connectivity index (χ3v) is 6.72. The molecule has 0 saturated carbocycles. The van der Waals surface area contributed by atoms with Gasteiger partial charge in [-0.05, 0) is 57.8 Å². The van der Waals surface area contributed by atoms with E-state index < -0.39 is 11.5 Å². The first-order valence-corrected chi connectivity index (χ1v) is 12.8. The van der Waals surface area contributed by atoms with Crippen molar-refractivity contribution in [2.45, 2.75) is 106 Å². The molecule has 0 aromatic carbocycles. The SMILES string of the molecule is CCOC(=O)C(C)=C[C@H](C(C)C)N(C)C(=O)[C@@H](NC(=O)C1CC[C@@H](C)CN1C(C)C)C(C)(C)C. The zero-order chi connectivity index (χ0) is 26.4. The average molecular weight is 480 g/mol. The third-order valence-electron chi connectivity index (χ3n) is 6.72. The van der Waals surface area contributed by atoms with Gasteiger partial charge >= 0.3 is 5.97 Å². The van der Waals surface area contributed by atoms with E-state index in [-0.39, 0.29) is 41.8 Å². The van der Waals surface area contributed by atoms with Gasteiger partial charge in [-0.1, -0.05) is 47.6 Å². The van der Waals surface area contributed by atoms with E-state index in [4.69, 9.17) is 4.74 Å². The molecule has 1 aliphatic rings.